The van der Waals surface area contributed by atoms with Crippen molar-refractivity contribution < 1.29 is 13.2 Å². The molecule has 2 saturated carbocycles. The lowest BCUT2D eigenvalue weighted by Gasteiger charge is -2.34. The van der Waals surface area contributed by atoms with Gasteiger partial charge in [0, 0.05) is 17.5 Å². The molecule has 0 unspecified atom stereocenters. The lowest BCUT2D eigenvalue weighted by atomic mass is 9.70. The van der Waals surface area contributed by atoms with E-state index in [9.17, 15) is 13.2 Å². The number of carbonyl (C=O) groups excluding carboxylic acids is 1. The Labute approximate surface area is 156 Å². The third kappa shape index (κ3) is 3.20. The predicted octanol–water partition coefficient (Wildman–Crippen LogP) is 3.48. The van der Waals surface area contributed by atoms with E-state index in [0.29, 0.717) is 5.92 Å². The zero-order valence-corrected chi connectivity index (χ0v) is 16.8. The monoisotopic (exact) mass is 376 g/mol. The molecule has 2 fully saturated rings. The summed E-state index contributed by atoms with van der Waals surface area (Å²) in [5.74, 6) is 0.0560. The van der Waals surface area contributed by atoms with E-state index in [0.717, 1.165) is 24.1 Å². The first-order chi connectivity index (χ1) is 12.1. The maximum absolute atomic E-state index is 12.3. The van der Waals surface area contributed by atoms with Crippen LogP contribution in [0.15, 0.2) is 34.3 Å². The fourth-order valence-corrected chi connectivity index (χ4v) is 5.61. The molecule has 0 heterocycles. The van der Waals surface area contributed by atoms with Crippen LogP contribution in [-0.2, 0) is 14.6 Å². The van der Waals surface area contributed by atoms with Crippen molar-refractivity contribution in [3.05, 3.63) is 29.8 Å². The van der Waals surface area contributed by atoms with Gasteiger partial charge in [-0.2, -0.15) is 5.10 Å². The Kier molecular flexibility index (Phi) is 4.76. The second kappa shape index (κ2) is 6.48. The minimum absolute atomic E-state index is 0.0267. The molecule has 0 aromatic heterocycles. The Morgan fingerprint density at radius 2 is 1.88 bits per heavy atom. The van der Waals surface area contributed by atoms with Crippen molar-refractivity contribution in [2.24, 2.45) is 21.8 Å². The molecule has 0 radical (unpaired) electrons. The van der Waals surface area contributed by atoms with Crippen LogP contribution in [0.25, 0.3) is 0 Å². The van der Waals surface area contributed by atoms with Crippen molar-refractivity contribution in [1.29, 1.82) is 0 Å². The molecule has 0 spiro atoms. The van der Waals surface area contributed by atoms with Crippen LogP contribution >= 0.6 is 0 Å². The van der Waals surface area contributed by atoms with Crippen LogP contribution in [0.4, 0.5) is 0 Å². The molecule has 3 rings (SSSR count). The highest BCUT2D eigenvalue weighted by atomic mass is 32.2. The second-order valence-corrected chi connectivity index (χ2v) is 10.6. The summed E-state index contributed by atoms with van der Waals surface area (Å²) in [6, 6.07) is 6.69. The minimum atomic E-state index is -3.46. The number of hydrogen-bond donors (Lipinski definition) is 1. The molecule has 5 nitrogen and oxygen atoms in total. The smallest absolute Gasteiger partial charge is 0.241 e. The first kappa shape index (κ1) is 19.1. The average Bonchev–Trinajstić information content (AvgIpc) is 2.92. The summed E-state index contributed by atoms with van der Waals surface area (Å²) in [5.41, 5.74) is 4.87. The number of carbonyl (C=O) groups is 1. The first-order valence-corrected chi connectivity index (χ1v) is 10.9. The maximum atomic E-state index is 12.3. The summed E-state index contributed by atoms with van der Waals surface area (Å²) in [6.07, 6.45) is 3.15. The second-order valence-electron chi connectivity index (χ2n) is 8.47. The zero-order valence-electron chi connectivity index (χ0n) is 16.0. The highest BCUT2D eigenvalue weighted by Gasteiger charge is 2.60. The van der Waals surface area contributed by atoms with Gasteiger partial charge < -0.3 is 0 Å². The summed E-state index contributed by atoms with van der Waals surface area (Å²) < 4.78 is 24.7. The summed E-state index contributed by atoms with van der Waals surface area (Å²) >= 11 is 0. The molecule has 2 aliphatic rings. The lowest BCUT2D eigenvalue weighted by molar-refractivity contribution is -0.120. The molecule has 0 saturated heterocycles. The molecule has 26 heavy (non-hydrogen) atoms. The lowest BCUT2D eigenvalue weighted by Crippen LogP contribution is -2.34. The summed E-state index contributed by atoms with van der Waals surface area (Å²) in [7, 11) is -3.46. The van der Waals surface area contributed by atoms with Crippen LogP contribution < -0.4 is 5.43 Å². The Bertz CT molecular complexity index is 840. The van der Waals surface area contributed by atoms with Crippen LogP contribution in [0.5, 0.6) is 0 Å². The van der Waals surface area contributed by atoms with Crippen LogP contribution in [0.2, 0.25) is 0 Å². The number of nitrogens with one attached hydrogen (secondary N) is 1. The number of benzene rings is 1. The number of nitrogens with zero attached hydrogens (tertiary/aromatic N) is 1. The summed E-state index contributed by atoms with van der Waals surface area (Å²) in [5, 5.41) is 4.38. The van der Waals surface area contributed by atoms with Crippen LogP contribution in [0, 0.1) is 23.7 Å². The van der Waals surface area contributed by atoms with Gasteiger partial charge in [-0.05, 0) is 49.7 Å². The number of hydrogen-bond acceptors (Lipinski definition) is 4. The predicted molar refractivity (Wildman–Crippen MR) is 103 cm³/mol. The number of rotatable bonds is 5. The minimum Gasteiger partial charge on any atom is -0.273 e. The Morgan fingerprint density at radius 1 is 1.23 bits per heavy atom. The van der Waals surface area contributed by atoms with E-state index in [-0.39, 0.29) is 33.8 Å². The van der Waals surface area contributed by atoms with E-state index >= 15 is 0 Å². The van der Waals surface area contributed by atoms with Crippen LogP contribution in [-0.4, -0.2) is 25.8 Å². The molecule has 2 bridgehead atoms. The third-order valence-electron chi connectivity index (χ3n) is 6.81. The van der Waals surface area contributed by atoms with E-state index in [1.54, 1.807) is 24.3 Å². The van der Waals surface area contributed by atoms with Gasteiger partial charge in [0.2, 0.25) is 5.91 Å². The molecule has 1 amide bonds. The highest BCUT2D eigenvalue weighted by Crippen LogP contribution is 2.63. The van der Waals surface area contributed by atoms with Gasteiger partial charge in [-0.15, -0.1) is 0 Å². The molecule has 0 aliphatic heterocycles. The van der Waals surface area contributed by atoms with E-state index in [2.05, 4.69) is 31.3 Å². The first-order valence-electron chi connectivity index (χ1n) is 9.21. The van der Waals surface area contributed by atoms with Crippen molar-refractivity contribution in [3.8, 4) is 0 Å². The molecule has 2 aliphatic carbocycles. The molecule has 1 aromatic rings. The fraction of sp³-hybridized carbons (Fsp3) is 0.600. The fourth-order valence-electron chi connectivity index (χ4n) is 4.37. The number of hydrazone groups is 1. The van der Waals surface area contributed by atoms with E-state index in [1.165, 1.54) is 6.42 Å². The molecule has 1 N–H and O–H groups in total. The third-order valence-corrected chi connectivity index (χ3v) is 8.54. The number of aryl methyl sites for hydroxylation is 1. The molecular formula is C20H28N2O3S. The van der Waals surface area contributed by atoms with Crippen LogP contribution in [0.1, 0.15) is 52.0 Å². The van der Waals surface area contributed by atoms with Crippen molar-refractivity contribution in [3.63, 3.8) is 0 Å². The SMILES string of the molecule is Cc1ccc(S(=O)(=O)CCC(=O)N/N=C2/C[C@@H]3CC[C@]2(C)C3(C)C)cc1. The largest absolute Gasteiger partial charge is 0.273 e. The number of fused-ring (bicyclic) bond motifs is 2. The van der Waals surface area contributed by atoms with Gasteiger partial charge in [-0.1, -0.05) is 38.5 Å². The normalized spacial score (nSPS) is 28.5. The summed E-state index contributed by atoms with van der Waals surface area (Å²) in [6.45, 7) is 8.69. The number of sulfone groups is 1. The van der Waals surface area contributed by atoms with Crippen molar-refractivity contribution in [2.75, 3.05) is 5.75 Å². The van der Waals surface area contributed by atoms with Gasteiger partial charge >= 0.3 is 0 Å². The van der Waals surface area contributed by atoms with Gasteiger partial charge in [-0.25, -0.2) is 13.8 Å². The number of amides is 1. The van der Waals surface area contributed by atoms with E-state index in [1.807, 2.05) is 6.92 Å². The van der Waals surface area contributed by atoms with Gasteiger partial charge in [0.15, 0.2) is 9.84 Å². The molecule has 6 heteroatoms. The molecule has 142 valence electrons. The van der Waals surface area contributed by atoms with E-state index < -0.39 is 9.84 Å². The quantitative estimate of drug-likeness (QED) is 0.800. The maximum Gasteiger partial charge on any atom is 0.241 e. The van der Waals surface area contributed by atoms with Crippen molar-refractivity contribution in [1.82, 2.24) is 5.43 Å². The van der Waals surface area contributed by atoms with Crippen molar-refractivity contribution >= 4 is 21.5 Å². The van der Waals surface area contributed by atoms with Crippen LogP contribution in [0.3, 0.4) is 0 Å². The van der Waals surface area contributed by atoms with Gasteiger partial charge in [-0.3, -0.25) is 4.79 Å². The molecule has 2 atom stereocenters. The highest BCUT2D eigenvalue weighted by molar-refractivity contribution is 7.91. The van der Waals surface area contributed by atoms with Gasteiger partial charge in [0.1, 0.15) is 0 Å². The van der Waals surface area contributed by atoms with Crippen molar-refractivity contribution in [2.45, 2.75) is 58.3 Å². The van der Waals surface area contributed by atoms with Gasteiger partial charge in [0.25, 0.3) is 0 Å². The summed E-state index contributed by atoms with van der Waals surface area (Å²) in [4.78, 5) is 12.4. The molecule has 1 aromatic carbocycles. The Hall–Kier alpha value is -1.69. The zero-order chi connectivity index (χ0) is 19.2. The average molecular weight is 377 g/mol. The Balaban J connectivity index is 1.59. The molecular weight excluding hydrogens is 348 g/mol. The Morgan fingerprint density at radius 3 is 2.42 bits per heavy atom. The standard InChI is InChI=1S/C20H28N2O3S/c1-14-5-7-16(8-6-14)26(24,25)12-10-18(23)22-21-17-13-15-9-11-20(17,4)19(15,2)3/h5-8,15H,9-13H2,1-4H3,(H,22,23)/b21-17-/t15-,20-/m0/s1. The topological polar surface area (TPSA) is 75.6 Å². The van der Waals surface area contributed by atoms with E-state index in [4.69, 9.17) is 0 Å². The van der Waals surface area contributed by atoms with Gasteiger partial charge in [0.05, 0.1) is 10.6 Å².